The number of nitrogens with zero attached hydrogens (tertiary/aromatic N) is 1. The fourth-order valence-corrected chi connectivity index (χ4v) is 5.08. The standard InChI is InChI=1S/C20H17NO4S/c1-25-20(24)18-14-8-7-13(12-5-3-2-4-6-12)11-15(14)26-19(18)21-16(22)9-10-17(21)23/h2-6,9-10,13H,7-8,11H2,1H3. The van der Waals surface area contributed by atoms with Crippen LogP contribution in [0.25, 0.3) is 0 Å². The number of fused-ring (bicyclic) bond motifs is 1. The number of rotatable bonds is 3. The summed E-state index contributed by atoms with van der Waals surface area (Å²) in [6, 6.07) is 10.3. The minimum Gasteiger partial charge on any atom is -0.465 e. The highest BCUT2D eigenvalue weighted by Gasteiger charge is 2.36. The average molecular weight is 367 g/mol. The minimum absolute atomic E-state index is 0.365. The number of benzene rings is 1. The third-order valence-electron chi connectivity index (χ3n) is 4.92. The Morgan fingerprint density at radius 2 is 1.85 bits per heavy atom. The van der Waals surface area contributed by atoms with Gasteiger partial charge >= 0.3 is 5.97 Å². The van der Waals surface area contributed by atoms with Crippen molar-refractivity contribution in [1.82, 2.24) is 0 Å². The number of anilines is 1. The van der Waals surface area contributed by atoms with Crippen molar-refractivity contribution in [3.63, 3.8) is 0 Å². The van der Waals surface area contributed by atoms with Gasteiger partial charge in [0.25, 0.3) is 11.8 Å². The molecule has 5 nitrogen and oxygen atoms in total. The van der Waals surface area contributed by atoms with Crippen LogP contribution in [0.15, 0.2) is 42.5 Å². The van der Waals surface area contributed by atoms with E-state index in [1.165, 1.54) is 36.2 Å². The van der Waals surface area contributed by atoms with Gasteiger partial charge in [-0.15, -0.1) is 11.3 Å². The highest BCUT2D eigenvalue weighted by molar-refractivity contribution is 7.17. The number of esters is 1. The molecule has 0 N–H and O–H groups in total. The number of amides is 2. The summed E-state index contributed by atoms with van der Waals surface area (Å²) in [5, 5.41) is 0.385. The maximum Gasteiger partial charge on any atom is 0.341 e. The normalized spacial score (nSPS) is 19.0. The van der Waals surface area contributed by atoms with Crippen LogP contribution in [-0.4, -0.2) is 24.9 Å². The second-order valence-electron chi connectivity index (χ2n) is 6.37. The molecular formula is C20H17NO4S. The lowest BCUT2D eigenvalue weighted by atomic mass is 9.83. The Morgan fingerprint density at radius 1 is 1.15 bits per heavy atom. The summed E-state index contributed by atoms with van der Waals surface area (Å²) in [7, 11) is 1.32. The smallest absolute Gasteiger partial charge is 0.341 e. The summed E-state index contributed by atoms with van der Waals surface area (Å²) in [5.74, 6) is -0.969. The van der Waals surface area contributed by atoms with E-state index in [1.807, 2.05) is 18.2 Å². The van der Waals surface area contributed by atoms with Gasteiger partial charge in [-0.05, 0) is 36.3 Å². The van der Waals surface area contributed by atoms with E-state index in [0.29, 0.717) is 16.5 Å². The SMILES string of the molecule is COC(=O)c1c(N2C(=O)C=CC2=O)sc2c1CCC(c1ccccc1)C2. The van der Waals surface area contributed by atoms with Crippen LogP contribution in [-0.2, 0) is 27.2 Å². The van der Waals surface area contributed by atoms with Crippen molar-refractivity contribution in [2.45, 2.75) is 25.2 Å². The molecular weight excluding hydrogens is 350 g/mol. The molecule has 0 fully saturated rings. The topological polar surface area (TPSA) is 63.7 Å². The minimum atomic E-state index is -0.497. The van der Waals surface area contributed by atoms with Crippen molar-refractivity contribution in [2.24, 2.45) is 0 Å². The van der Waals surface area contributed by atoms with Crippen molar-refractivity contribution in [3.05, 3.63) is 64.1 Å². The number of hydrogen-bond acceptors (Lipinski definition) is 5. The molecule has 1 aromatic heterocycles. The number of imide groups is 1. The summed E-state index contributed by atoms with van der Waals surface area (Å²) in [6.07, 6.45) is 4.89. The van der Waals surface area contributed by atoms with Crippen LogP contribution < -0.4 is 4.90 Å². The Kier molecular flexibility index (Phi) is 4.20. The van der Waals surface area contributed by atoms with Gasteiger partial charge < -0.3 is 4.74 Å². The number of carbonyl (C=O) groups excluding carboxylic acids is 3. The highest BCUT2D eigenvalue weighted by Crippen LogP contribution is 2.44. The molecule has 0 saturated heterocycles. The molecule has 0 saturated carbocycles. The molecule has 0 radical (unpaired) electrons. The molecule has 0 spiro atoms. The molecule has 2 heterocycles. The summed E-state index contributed by atoms with van der Waals surface area (Å²) in [6.45, 7) is 0. The molecule has 6 heteroatoms. The first-order valence-corrected chi connectivity index (χ1v) is 9.25. The first-order valence-electron chi connectivity index (χ1n) is 8.44. The van der Waals surface area contributed by atoms with E-state index in [-0.39, 0.29) is 0 Å². The van der Waals surface area contributed by atoms with Crippen molar-refractivity contribution >= 4 is 34.1 Å². The maximum atomic E-state index is 12.4. The lowest BCUT2D eigenvalue weighted by molar-refractivity contribution is -0.119. The molecule has 0 bridgehead atoms. The van der Waals surface area contributed by atoms with Gasteiger partial charge in [0.2, 0.25) is 0 Å². The number of carbonyl (C=O) groups is 3. The Bertz CT molecular complexity index is 911. The number of ether oxygens (including phenoxy) is 1. The summed E-state index contributed by atoms with van der Waals surface area (Å²) in [5.41, 5.74) is 2.55. The molecule has 1 aromatic carbocycles. The van der Waals surface area contributed by atoms with Gasteiger partial charge in [-0.25, -0.2) is 9.69 Å². The monoisotopic (exact) mass is 367 g/mol. The van der Waals surface area contributed by atoms with E-state index in [4.69, 9.17) is 4.74 Å². The summed E-state index contributed by atoms with van der Waals surface area (Å²) < 4.78 is 4.94. The quantitative estimate of drug-likeness (QED) is 0.617. The van der Waals surface area contributed by atoms with Crippen molar-refractivity contribution in [3.8, 4) is 0 Å². The van der Waals surface area contributed by atoms with Crippen LogP contribution in [0.2, 0.25) is 0 Å². The predicted molar refractivity (Wildman–Crippen MR) is 98.5 cm³/mol. The molecule has 132 valence electrons. The van der Waals surface area contributed by atoms with Crippen LogP contribution in [0.1, 0.15) is 38.7 Å². The molecule has 26 heavy (non-hydrogen) atoms. The van der Waals surface area contributed by atoms with E-state index >= 15 is 0 Å². The van der Waals surface area contributed by atoms with Gasteiger partial charge in [-0.3, -0.25) is 9.59 Å². The Balaban J connectivity index is 1.76. The molecule has 2 aromatic rings. The molecule has 1 aliphatic carbocycles. The summed E-state index contributed by atoms with van der Waals surface area (Å²) >= 11 is 1.35. The van der Waals surface area contributed by atoms with E-state index in [2.05, 4.69) is 12.1 Å². The van der Waals surface area contributed by atoms with Crippen LogP contribution in [0, 0.1) is 0 Å². The molecule has 2 aliphatic rings. The summed E-state index contributed by atoms with van der Waals surface area (Å²) in [4.78, 5) is 38.8. The second kappa shape index (κ2) is 6.53. The number of methoxy groups -OCH3 is 1. The molecule has 1 aliphatic heterocycles. The van der Waals surface area contributed by atoms with Gasteiger partial charge in [0.15, 0.2) is 0 Å². The van der Waals surface area contributed by atoms with Crippen LogP contribution in [0.3, 0.4) is 0 Å². The lowest BCUT2D eigenvalue weighted by Crippen LogP contribution is -2.30. The van der Waals surface area contributed by atoms with E-state index in [0.717, 1.165) is 34.6 Å². The van der Waals surface area contributed by atoms with Crippen LogP contribution in [0.4, 0.5) is 5.00 Å². The van der Waals surface area contributed by atoms with Crippen molar-refractivity contribution in [1.29, 1.82) is 0 Å². The van der Waals surface area contributed by atoms with Crippen LogP contribution >= 0.6 is 11.3 Å². The van der Waals surface area contributed by atoms with Gasteiger partial charge in [-0.1, -0.05) is 30.3 Å². The van der Waals surface area contributed by atoms with Gasteiger partial charge in [-0.2, -0.15) is 0 Å². The second-order valence-corrected chi connectivity index (χ2v) is 7.45. The average Bonchev–Trinajstić information content (AvgIpc) is 3.20. The van der Waals surface area contributed by atoms with Gasteiger partial charge in [0, 0.05) is 17.0 Å². The zero-order valence-electron chi connectivity index (χ0n) is 14.2. The van der Waals surface area contributed by atoms with Crippen molar-refractivity contribution in [2.75, 3.05) is 12.0 Å². The fraction of sp³-hybridized carbons (Fsp3) is 0.250. The third-order valence-corrected chi connectivity index (χ3v) is 6.16. The Labute approximate surface area is 154 Å². The van der Waals surface area contributed by atoms with E-state index < -0.39 is 17.8 Å². The van der Waals surface area contributed by atoms with Gasteiger partial charge in [0.1, 0.15) is 5.00 Å². The predicted octanol–water partition coefficient (Wildman–Crippen LogP) is 3.24. The van der Waals surface area contributed by atoms with E-state index in [9.17, 15) is 14.4 Å². The fourth-order valence-electron chi connectivity index (χ4n) is 3.65. The number of thiophene rings is 1. The van der Waals surface area contributed by atoms with Crippen LogP contribution in [0.5, 0.6) is 0 Å². The first kappa shape index (κ1) is 16.7. The maximum absolute atomic E-state index is 12.4. The van der Waals surface area contributed by atoms with Crippen molar-refractivity contribution < 1.29 is 19.1 Å². The molecule has 4 rings (SSSR count). The lowest BCUT2D eigenvalue weighted by Gasteiger charge is -2.23. The number of hydrogen-bond donors (Lipinski definition) is 0. The molecule has 2 amide bonds. The van der Waals surface area contributed by atoms with E-state index in [1.54, 1.807) is 0 Å². The molecule has 1 atom stereocenters. The zero-order valence-corrected chi connectivity index (χ0v) is 15.0. The van der Waals surface area contributed by atoms with Gasteiger partial charge in [0.05, 0.1) is 12.7 Å². The Hall–Kier alpha value is -2.73. The largest absolute Gasteiger partial charge is 0.465 e. The first-order chi connectivity index (χ1) is 12.6. The molecule has 1 unspecified atom stereocenters. The highest BCUT2D eigenvalue weighted by atomic mass is 32.1. The zero-order chi connectivity index (χ0) is 18.3. The Morgan fingerprint density at radius 3 is 2.50 bits per heavy atom. The third kappa shape index (κ3) is 2.66.